The minimum absolute atomic E-state index is 0.106. The molecular formula is C15H26N2O. The second-order valence-corrected chi connectivity index (χ2v) is 5.89. The molecule has 1 aromatic carbocycles. The summed E-state index contributed by atoms with van der Waals surface area (Å²) >= 11 is 0. The number of hydrogen-bond acceptors (Lipinski definition) is 3. The summed E-state index contributed by atoms with van der Waals surface area (Å²) in [4.78, 5) is 0. The van der Waals surface area contributed by atoms with E-state index in [2.05, 4.69) is 51.2 Å². The van der Waals surface area contributed by atoms with E-state index in [1.165, 1.54) is 11.1 Å². The Morgan fingerprint density at radius 2 is 1.94 bits per heavy atom. The van der Waals surface area contributed by atoms with Crippen molar-refractivity contribution >= 4 is 0 Å². The predicted octanol–water partition coefficient (Wildman–Crippen LogP) is 1.87. The van der Waals surface area contributed by atoms with Crippen LogP contribution in [0.15, 0.2) is 18.2 Å². The first kappa shape index (κ1) is 15.2. The third-order valence-electron chi connectivity index (χ3n) is 3.42. The van der Waals surface area contributed by atoms with Gasteiger partial charge < -0.3 is 16.2 Å². The summed E-state index contributed by atoms with van der Waals surface area (Å²) in [6.07, 6.45) is -0.566. The van der Waals surface area contributed by atoms with E-state index < -0.39 is 6.10 Å². The highest BCUT2D eigenvalue weighted by atomic mass is 16.3. The molecule has 1 rings (SSSR count). The molecule has 3 nitrogen and oxygen atoms in total. The first-order chi connectivity index (χ1) is 8.31. The van der Waals surface area contributed by atoms with E-state index in [1.807, 2.05) is 7.05 Å². The van der Waals surface area contributed by atoms with Crippen LogP contribution in [-0.4, -0.2) is 24.8 Å². The average Bonchev–Trinajstić information content (AvgIpc) is 2.30. The van der Waals surface area contributed by atoms with Gasteiger partial charge in [-0.05, 0) is 36.1 Å². The Balaban J connectivity index is 3.21. The number of aliphatic hydroxyl groups is 1. The van der Waals surface area contributed by atoms with Crippen molar-refractivity contribution < 1.29 is 5.11 Å². The lowest BCUT2D eigenvalue weighted by Gasteiger charge is -2.26. The molecule has 2 atom stereocenters. The maximum absolute atomic E-state index is 10.0. The molecule has 0 radical (unpaired) electrons. The topological polar surface area (TPSA) is 58.3 Å². The lowest BCUT2D eigenvalue weighted by Crippen LogP contribution is -2.35. The normalized spacial score (nSPS) is 15.5. The third kappa shape index (κ3) is 3.31. The number of aliphatic hydroxyl groups excluding tert-OH is 1. The molecule has 0 spiro atoms. The highest BCUT2D eigenvalue weighted by molar-refractivity contribution is 5.37. The van der Waals surface area contributed by atoms with Crippen LogP contribution in [0.4, 0.5) is 0 Å². The van der Waals surface area contributed by atoms with E-state index in [1.54, 1.807) is 0 Å². The summed E-state index contributed by atoms with van der Waals surface area (Å²) in [6.45, 7) is 8.89. The highest BCUT2D eigenvalue weighted by Crippen LogP contribution is 2.28. The Kier molecular flexibility index (Phi) is 4.91. The number of aryl methyl sites for hydroxylation is 1. The predicted molar refractivity (Wildman–Crippen MR) is 76.7 cm³/mol. The average molecular weight is 250 g/mol. The van der Waals surface area contributed by atoms with Gasteiger partial charge >= 0.3 is 0 Å². The van der Waals surface area contributed by atoms with E-state index in [9.17, 15) is 5.11 Å². The smallest absolute Gasteiger partial charge is 0.0856 e. The quantitative estimate of drug-likeness (QED) is 0.764. The van der Waals surface area contributed by atoms with Crippen molar-refractivity contribution in [2.24, 2.45) is 5.73 Å². The third-order valence-corrected chi connectivity index (χ3v) is 3.42. The monoisotopic (exact) mass is 250 g/mol. The summed E-state index contributed by atoms with van der Waals surface area (Å²) in [6, 6.07) is 6.33. The fourth-order valence-corrected chi connectivity index (χ4v) is 2.13. The maximum atomic E-state index is 10.0. The maximum Gasteiger partial charge on any atom is 0.0856 e. The second kappa shape index (κ2) is 5.83. The van der Waals surface area contributed by atoms with Crippen LogP contribution >= 0.6 is 0 Å². The van der Waals surface area contributed by atoms with Crippen LogP contribution in [0.2, 0.25) is 0 Å². The number of benzene rings is 1. The lowest BCUT2D eigenvalue weighted by molar-refractivity contribution is 0.139. The summed E-state index contributed by atoms with van der Waals surface area (Å²) in [5.74, 6) is 0. The van der Waals surface area contributed by atoms with Gasteiger partial charge in [0.15, 0.2) is 0 Å². The lowest BCUT2D eigenvalue weighted by atomic mass is 9.83. The van der Waals surface area contributed by atoms with Gasteiger partial charge in [0.2, 0.25) is 0 Å². The fourth-order valence-electron chi connectivity index (χ4n) is 2.13. The standard InChI is InChI=1S/C15H26N2O/c1-10-6-7-11(15(2,3)4)8-12(10)14(17-5)13(18)9-16/h6-8,13-14,17-18H,9,16H2,1-5H3. The van der Waals surface area contributed by atoms with E-state index in [-0.39, 0.29) is 18.0 Å². The van der Waals surface area contributed by atoms with Gasteiger partial charge in [0, 0.05) is 6.54 Å². The summed E-state index contributed by atoms with van der Waals surface area (Å²) < 4.78 is 0. The van der Waals surface area contributed by atoms with Crippen LogP contribution in [0.25, 0.3) is 0 Å². The van der Waals surface area contributed by atoms with Gasteiger partial charge in [-0.1, -0.05) is 39.0 Å². The molecule has 18 heavy (non-hydrogen) atoms. The summed E-state index contributed by atoms with van der Waals surface area (Å²) in [7, 11) is 1.85. The molecule has 0 aromatic heterocycles. The fraction of sp³-hybridized carbons (Fsp3) is 0.600. The van der Waals surface area contributed by atoms with Crippen LogP contribution < -0.4 is 11.1 Å². The number of nitrogens with one attached hydrogen (secondary N) is 1. The molecule has 0 aliphatic rings. The van der Waals surface area contributed by atoms with E-state index in [4.69, 9.17) is 5.73 Å². The van der Waals surface area contributed by atoms with Crippen molar-refractivity contribution in [1.82, 2.24) is 5.32 Å². The van der Waals surface area contributed by atoms with Crippen molar-refractivity contribution in [3.63, 3.8) is 0 Å². The zero-order chi connectivity index (χ0) is 13.9. The van der Waals surface area contributed by atoms with Crippen molar-refractivity contribution in [3.05, 3.63) is 34.9 Å². The zero-order valence-electron chi connectivity index (χ0n) is 12.1. The molecule has 0 bridgehead atoms. The molecule has 0 fully saturated rings. The van der Waals surface area contributed by atoms with E-state index >= 15 is 0 Å². The SMILES string of the molecule is CNC(c1cc(C(C)(C)C)ccc1C)C(O)CN. The molecule has 0 amide bonds. The minimum Gasteiger partial charge on any atom is -0.390 e. The molecule has 0 aliphatic carbocycles. The van der Waals surface area contributed by atoms with E-state index in [0.29, 0.717) is 0 Å². The Hall–Kier alpha value is -0.900. The largest absolute Gasteiger partial charge is 0.390 e. The molecule has 2 unspecified atom stereocenters. The highest BCUT2D eigenvalue weighted by Gasteiger charge is 2.22. The van der Waals surface area contributed by atoms with Crippen molar-refractivity contribution in [1.29, 1.82) is 0 Å². The molecule has 0 heterocycles. The molecule has 102 valence electrons. The Morgan fingerprint density at radius 1 is 1.33 bits per heavy atom. The molecule has 0 saturated carbocycles. The number of likely N-dealkylation sites (N-methyl/N-ethyl adjacent to an activating group) is 1. The van der Waals surface area contributed by atoms with Gasteiger partial charge in [-0.25, -0.2) is 0 Å². The molecule has 4 N–H and O–H groups in total. The number of nitrogens with two attached hydrogens (primary N) is 1. The Bertz CT molecular complexity index is 396. The Labute approximate surface area is 110 Å². The minimum atomic E-state index is -0.566. The number of hydrogen-bond donors (Lipinski definition) is 3. The van der Waals surface area contributed by atoms with Crippen LogP contribution in [0, 0.1) is 6.92 Å². The van der Waals surface area contributed by atoms with Gasteiger partial charge in [0.1, 0.15) is 0 Å². The van der Waals surface area contributed by atoms with E-state index in [0.717, 1.165) is 5.56 Å². The Morgan fingerprint density at radius 3 is 2.39 bits per heavy atom. The van der Waals surface area contributed by atoms with Crippen molar-refractivity contribution in [3.8, 4) is 0 Å². The van der Waals surface area contributed by atoms with Gasteiger partial charge in [-0.2, -0.15) is 0 Å². The van der Waals surface area contributed by atoms with Gasteiger partial charge in [0.05, 0.1) is 12.1 Å². The molecule has 1 aromatic rings. The molecule has 3 heteroatoms. The van der Waals surface area contributed by atoms with Crippen LogP contribution in [0.1, 0.15) is 43.5 Å². The zero-order valence-corrected chi connectivity index (χ0v) is 12.1. The van der Waals surface area contributed by atoms with Gasteiger partial charge in [-0.15, -0.1) is 0 Å². The van der Waals surface area contributed by atoms with Gasteiger partial charge in [0.25, 0.3) is 0 Å². The van der Waals surface area contributed by atoms with Gasteiger partial charge in [-0.3, -0.25) is 0 Å². The molecule has 0 saturated heterocycles. The number of rotatable bonds is 4. The van der Waals surface area contributed by atoms with Crippen LogP contribution in [0.3, 0.4) is 0 Å². The first-order valence-electron chi connectivity index (χ1n) is 6.47. The summed E-state index contributed by atoms with van der Waals surface area (Å²) in [5.41, 5.74) is 9.25. The molecular weight excluding hydrogens is 224 g/mol. The molecule has 0 aliphatic heterocycles. The van der Waals surface area contributed by atoms with Crippen LogP contribution in [-0.2, 0) is 5.41 Å². The van der Waals surface area contributed by atoms with Crippen LogP contribution in [0.5, 0.6) is 0 Å². The van der Waals surface area contributed by atoms with Crippen molar-refractivity contribution in [2.75, 3.05) is 13.6 Å². The summed E-state index contributed by atoms with van der Waals surface area (Å²) in [5, 5.41) is 13.2. The van der Waals surface area contributed by atoms with Crippen molar-refractivity contribution in [2.45, 2.75) is 45.3 Å². The second-order valence-electron chi connectivity index (χ2n) is 5.89. The first-order valence-corrected chi connectivity index (χ1v) is 6.47.